The number of alkyl halides is 2. The second-order valence-electron chi connectivity index (χ2n) is 7.57. The molecule has 1 aliphatic carbocycles. The van der Waals surface area contributed by atoms with E-state index < -0.39 is 5.92 Å². The number of fused-ring (bicyclic) bond motifs is 1. The molecule has 4 heterocycles. The Bertz CT molecular complexity index is 1040. The first-order valence-corrected chi connectivity index (χ1v) is 10.6. The molecule has 3 aromatic rings. The van der Waals surface area contributed by atoms with E-state index in [0.717, 1.165) is 19.5 Å². The molecule has 1 unspecified atom stereocenters. The average molecular weight is 431 g/mol. The lowest BCUT2D eigenvalue weighted by molar-refractivity contribution is -0.0881. The van der Waals surface area contributed by atoms with E-state index in [1.807, 2.05) is 13.8 Å². The van der Waals surface area contributed by atoms with Gasteiger partial charge in [0.25, 0.3) is 0 Å². The number of imidazole rings is 1. The maximum atomic E-state index is 13.4. The van der Waals surface area contributed by atoms with Crippen molar-refractivity contribution in [1.82, 2.24) is 29.9 Å². The average Bonchev–Trinajstić information content (AvgIpc) is 3.42. The summed E-state index contributed by atoms with van der Waals surface area (Å²) in [4.78, 5) is 13.3. The molecule has 8 nitrogen and oxygen atoms in total. The van der Waals surface area contributed by atoms with E-state index in [2.05, 4.69) is 30.7 Å². The fraction of sp³-hybridized carbons (Fsp3) is 0.524. The SMILES string of the molecule is CC.COc1cc2ncc(-c3ccnc(NC4CCNC4)n3)n2nc1C1CC(F)(F)C1. The van der Waals surface area contributed by atoms with Crippen molar-refractivity contribution in [3.63, 3.8) is 0 Å². The predicted molar refractivity (Wildman–Crippen MR) is 114 cm³/mol. The molecule has 1 atom stereocenters. The second-order valence-corrected chi connectivity index (χ2v) is 7.57. The third-order valence-electron chi connectivity index (χ3n) is 5.49. The van der Waals surface area contributed by atoms with Crippen LogP contribution in [0.5, 0.6) is 5.75 Å². The van der Waals surface area contributed by atoms with E-state index >= 15 is 0 Å². The molecule has 2 aliphatic rings. The van der Waals surface area contributed by atoms with Crippen molar-refractivity contribution in [2.75, 3.05) is 25.5 Å². The summed E-state index contributed by atoms with van der Waals surface area (Å²) in [5.41, 5.74) is 2.42. The van der Waals surface area contributed by atoms with Crippen LogP contribution in [0.2, 0.25) is 0 Å². The van der Waals surface area contributed by atoms with Crippen molar-refractivity contribution in [2.45, 2.75) is 51.0 Å². The van der Waals surface area contributed by atoms with Crippen molar-refractivity contribution in [1.29, 1.82) is 0 Å². The molecule has 0 amide bonds. The van der Waals surface area contributed by atoms with Gasteiger partial charge in [0, 0.05) is 43.6 Å². The highest BCUT2D eigenvalue weighted by atomic mass is 19.3. The lowest BCUT2D eigenvalue weighted by atomic mass is 9.79. The maximum Gasteiger partial charge on any atom is 0.249 e. The number of halogens is 2. The smallest absolute Gasteiger partial charge is 0.249 e. The summed E-state index contributed by atoms with van der Waals surface area (Å²) in [5, 5.41) is 11.2. The summed E-state index contributed by atoms with van der Waals surface area (Å²) in [5.74, 6) is -1.95. The molecule has 0 radical (unpaired) electrons. The fourth-order valence-corrected chi connectivity index (χ4v) is 3.92. The minimum atomic E-state index is -2.63. The van der Waals surface area contributed by atoms with Crippen LogP contribution >= 0.6 is 0 Å². The Morgan fingerprint density at radius 3 is 2.74 bits per heavy atom. The van der Waals surface area contributed by atoms with E-state index in [1.165, 1.54) is 7.11 Å². The largest absolute Gasteiger partial charge is 0.495 e. The highest BCUT2D eigenvalue weighted by Gasteiger charge is 2.47. The molecular weight excluding hydrogens is 404 g/mol. The van der Waals surface area contributed by atoms with Gasteiger partial charge in [-0.15, -0.1) is 0 Å². The Kier molecular flexibility index (Phi) is 5.99. The van der Waals surface area contributed by atoms with Crippen LogP contribution in [0.4, 0.5) is 14.7 Å². The van der Waals surface area contributed by atoms with Crippen molar-refractivity contribution in [3.8, 4) is 17.1 Å². The Labute approximate surface area is 179 Å². The molecule has 2 fully saturated rings. The molecule has 10 heteroatoms. The molecule has 31 heavy (non-hydrogen) atoms. The molecule has 1 aliphatic heterocycles. The first kappa shape index (κ1) is 21.4. The lowest BCUT2D eigenvalue weighted by Crippen LogP contribution is -2.34. The molecule has 1 saturated carbocycles. The molecule has 0 bridgehead atoms. The number of ether oxygens (including phenoxy) is 1. The Morgan fingerprint density at radius 2 is 2.06 bits per heavy atom. The number of anilines is 1. The number of hydrogen-bond donors (Lipinski definition) is 2. The monoisotopic (exact) mass is 431 g/mol. The molecular formula is C21H27F2N7O. The van der Waals surface area contributed by atoms with E-state index in [1.54, 1.807) is 29.0 Å². The Balaban J connectivity index is 0.00000112. The molecule has 0 spiro atoms. The van der Waals surface area contributed by atoms with Gasteiger partial charge in [-0.1, -0.05) is 13.8 Å². The second kappa shape index (κ2) is 8.70. The predicted octanol–water partition coefficient (Wildman–Crippen LogP) is 3.51. The highest BCUT2D eigenvalue weighted by molar-refractivity contribution is 5.61. The van der Waals surface area contributed by atoms with Crippen molar-refractivity contribution in [3.05, 3.63) is 30.2 Å². The zero-order valence-electron chi connectivity index (χ0n) is 17.9. The summed E-state index contributed by atoms with van der Waals surface area (Å²) >= 11 is 0. The van der Waals surface area contributed by atoms with Gasteiger partial charge in [-0.25, -0.2) is 28.2 Å². The lowest BCUT2D eigenvalue weighted by Gasteiger charge is -2.34. The quantitative estimate of drug-likeness (QED) is 0.639. The molecule has 3 aromatic heterocycles. The zero-order chi connectivity index (χ0) is 22.0. The van der Waals surface area contributed by atoms with Crippen LogP contribution in [0.1, 0.15) is 44.7 Å². The summed E-state index contributed by atoms with van der Waals surface area (Å²) in [6.07, 6.45) is 3.93. The number of nitrogens with one attached hydrogen (secondary N) is 2. The standard InChI is InChI=1S/C19H21F2N7O.C2H6/c1-29-15-6-16-24-10-14(28(16)27-17(15)11-7-19(20,21)8-11)13-3-5-23-18(26-13)25-12-2-4-22-9-12;1-2/h3,5-6,10-12,22H,2,4,7-9H2,1H3,(H,23,25,26);1-2H3. The normalized spacial score (nSPS) is 20.1. The number of hydrogen-bond acceptors (Lipinski definition) is 7. The summed E-state index contributed by atoms with van der Waals surface area (Å²) in [7, 11) is 1.51. The summed E-state index contributed by atoms with van der Waals surface area (Å²) in [6.45, 7) is 5.85. The van der Waals surface area contributed by atoms with Gasteiger partial charge < -0.3 is 15.4 Å². The maximum absolute atomic E-state index is 13.4. The van der Waals surface area contributed by atoms with Crippen LogP contribution in [0.25, 0.3) is 17.0 Å². The number of rotatable bonds is 5. The first-order chi connectivity index (χ1) is 15.0. The van der Waals surface area contributed by atoms with Crippen molar-refractivity contribution >= 4 is 11.6 Å². The van der Waals surface area contributed by atoms with Gasteiger partial charge in [0.2, 0.25) is 11.9 Å². The van der Waals surface area contributed by atoms with Crippen LogP contribution in [-0.2, 0) is 0 Å². The number of methoxy groups -OCH3 is 1. The van der Waals surface area contributed by atoms with E-state index in [0.29, 0.717) is 40.5 Å². The molecule has 5 rings (SSSR count). The van der Waals surface area contributed by atoms with Gasteiger partial charge in [-0.05, 0) is 19.0 Å². The molecule has 2 N–H and O–H groups in total. The van der Waals surface area contributed by atoms with E-state index in [4.69, 9.17) is 4.74 Å². The zero-order valence-corrected chi connectivity index (χ0v) is 17.9. The van der Waals surface area contributed by atoms with Gasteiger partial charge in [0.05, 0.1) is 19.0 Å². The van der Waals surface area contributed by atoms with Gasteiger partial charge in [0.15, 0.2) is 5.65 Å². The number of aromatic nitrogens is 5. The van der Waals surface area contributed by atoms with Crippen molar-refractivity contribution in [2.24, 2.45) is 0 Å². The van der Waals surface area contributed by atoms with Gasteiger partial charge in [-0.2, -0.15) is 5.10 Å². The summed E-state index contributed by atoms with van der Waals surface area (Å²) < 4.78 is 33.8. The molecule has 1 saturated heterocycles. The Hall–Kier alpha value is -2.88. The van der Waals surface area contributed by atoms with Crippen LogP contribution < -0.4 is 15.4 Å². The van der Waals surface area contributed by atoms with Gasteiger partial charge in [-0.3, -0.25) is 0 Å². The first-order valence-electron chi connectivity index (χ1n) is 10.6. The van der Waals surface area contributed by atoms with Crippen LogP contribution in [0, 0.1) is 0 Å². The minimum Gasteiger partial charge on any atom is -0.495 e. The van der Waals surface area contributed by atoms with Crippen LogP contribution in [0.3, 0.4) is 0 Å². The van der Waals surface area contributed by atoms with Crippen LogP contribution in [-0.4, -0.2) is 56.7 Å². The van der Waals surface area contributed by atoms with E-state index in [-0.39, 0.29) is 18.8 Å². The third-order valence-corrected chi connectivity index (χ3v) is 5.49. The third kappa shape index (κ3) is 4.30. The summed E-state index contributed by atoms with van der Waals surface area (Å²) in [6, 6.07) is 3.80. The highest BCUT2D eigenvalue weighted by Crippen LogP contribution is 2.49. The van der Waals surface area contributed by atoms with Gasteiger partial charge in [0.1, 0.15) is 17.1 Å². The van der Waals surface area contributed by atoms with Crippen LogP contribution in [0.15, 0.2) is 24.5 Å². The topological polar surface area (TPSA) is 89.3 Å². The fourth-order valence-electron chi connectivity index (χ4n) is 3.92. The van der Waals surface area contributed by atoms with Crippen molar-refractivity contribution < 1.29 is 13.5 Å². The van der Waals surface area contributed by atoms with Gasteiger partial charge >= 0.3 is 0 Å². The molecule has 166 valence electrons. The Morgan fingerprint density at radius 1 is 1.26 bits per heavy atom. The van der Waals surface area contributed by atoms with E-state index in [9.17, 15) is 8.78 Å². The minimum absolute atomic E-state index is 0.219. The number of nitrogens with zero attached hydrogens (tertiary/aromatic N) is 5. The molecule has 0 aromatic carbocycles.